The molecular weight excluding hydrogens is 232 g/mol. The van der Waals surface area contributed by atoms with Crippen LogP contribution in [0.2, 0.25) is 0 Å². The van der Waals surface area contributed by atoms with E-state index in [4.69, 9.17) is 9.47 Å². The first-order valence-electron chi connectivity index (χ1n) is 6.75. The summed E-state index contributed by atoms with van der Waals surface area (Å²) in [5.41, 5.74) is -0.507. The fraction of sp³-hybridized carbons (Fsp3) is 0.857. The monoisotopic (exact) mass is 256 g/mol. The molecule has 18 heavy (non-hydrogen) atoms. The summed E-state index contributed by atoms with van der Waals surface area (Å²) < 4.78 is 10.2. The quantitative estimate of drug-likeness (QED) is 0.573. The van der Waals surface area contributed by atoms with E-state index < -0.39 is 5.41 Å². The maximum atomic E-state index is 11.7. The highest BCUT2D eigenvalue weighted by Crippen LogP contribution is 2.24. The van der Waals surface area contributed by atoms with Crippen LogP contribution in [0.3, 0.4) is 0 Å². The highest BCUT2D eigenvalue weighted by molar-refractivity contribution is 5.75. The van der Waals surface area contributed by atoms with Crippen LogP contribution in [-0.2, 0) is 19.1 Å². The lowest BCUT2D eigenvalue weighted by molar-refractivity contribution is -0.160. The summed E-state index contributed by atoms with van der Waals surface area (Å²) in [4.78, 5) is 23.1. The van der Waals surface area contributed by atoms with Gasteiger partial charge in [0, 0.05) is 0 Å². The van der Waals surface area contributed by atoms with Crippen LogP contribution in [-0.4, -0.2) is 25.2 Å². The standard InChI is InChI=1S/C14H24O4/c1-14(2,3)13(16)18-10-9-17-12(15)11-7-5-4-6-8-11/h11H,4-10H2,1-3H3. The Morgan fingerprint density at radius 2 is 1.56 bits per heavy atom. The van der Waals surface area contributed by atoms with E-state index in [1.807, 2.05) is 0 Å². The van der Waals surface area contributed by atoms with Gasteiger partial charge in [-0.2, -0.15) is 0 Å². The minimum Gasteiger partial charge on any atom is -0.462 e. The predicted octanol–water partition coefficient (Wildman–Crippen LogP) is 2.70. The molecule has 0 aliphatic heterocycles. The van der Waals surface area contributed by atoms with Crippen molar-refractivity contribution in [3.63, 3.8) is 0 Å². The molecule has 104 valence electrons. The van der Waals surface area contributed by atoms with Crippen LogP contribution >= 0.6 is 0 Å². The minimum atomic E-state index is -0.507. The maximum absolute atomic E-state index is 11.7. The Hall–Kier alpha value is -1.06. The summed E-state index contributed by atoms with van der Waals surface area (Å²) in [5, 5.41) is 0. The van der Waals surface area contributed by atoms with Crippen molar-refractivity contribution in [2.45, 2.75) is 52.9 Å². The summed E-state index contributed by atoms with van der Waals surface area (Å²) in [5.74, 6) is -0.352. The summed E-state index contributed by atoms with van der Waals surface area (Å²) in [6, 6.07) is 0. The molecule has 1 aliphatic carbocycles. The first-order valence-corrected chi connectivity index (χ1v) is 6.75. The van der Waals surface area contributed by atoms with Crippen molar-refractivity contribution >= 4 is 11.9 Å². The second-order valence-electron chi connectivity index (χ2n) is 5.89. The average Bonchev–Trinajstić information content (AvgIpc) is 2.34. The molecule has 0 amide bonds. The van der Waals surface area contributed by atoms with Crippen LogP contribution in [0.1, 0.15) is 52.9 Å². The molecule has 0 aromatic rings. The first-order chi connectivity index (χ1) is 8.41. The normalized spacial score (nSPS) is 17.3. The van der Waals surface area contributed by atoms with Crippen molar-refractivity contribution in [3.8, 4) is 0 Å². The number of carbonyl (C=O) groups is 2. The first kappa shape index (κ1) is 15.0. The van der Waals surface area contributed by atoms with Gasteiger partial charge in [-0.3, -0.25) is 9.59 Å². The topological polar surface area (TPSA) is 52.6 Å². The van der Waals surface area contributed by atoms with Gasteiger partial charge >= 0.3 is 11.9 Å². The highest BCUT2D eigenvalue weighted by Gasteiger charge is 2.24. The van der Waals surface area contributed by atoms with Gasteiger partial charge in [0.25, 0.3) is 0 Å². The molecule has 0 heterocycles. The highest BCUT2D eigenvalue weighted by atomic mass is 16.6. The molecule has 0 saturated heterocycles. The molecule has 0 aromatic carbocycles. The van der Waals surface area contributed by atoms with Crippen molar-refractivity contribution < 1.29 is 19.1 Å². The summed E-state index contributed by atoms with van der Waals surface area (Å²) in [6.45, 7) is 5.70. The lowest BCUT2D eigenvalue weighted by Crippen LogP contribution is -2.26. The number of carbonyl (C=O) groups excluding carboxylic acids is 2. The van der Waals surface area contributed by atoms with Crippen LogP contribution in [0.4, 0.5) is 0 Å². The van der Waals surface area contributed by atoms with Gasteiger partial charge in [-0.05, 0) is 33.6 Å². The molecule has 0 spiro atoms. The SMILES string of the molecule is CC(C)(C)C(=O)OCCOC(=O)C1CCCCC1. The Labute approximate surface area is 109 Å². The Bertz CT molecular complexity index is 285. The van der Waals surface area contributed by atoms with Gasteiger partial charge in [0.2, 0.25) is 0 Å². The third kappa shape index (κ3) is 5.07. The molecule has 4 nitrogen and oxygen atoms in total. The van der Waals surface area contributed by atoms with E-state index in [-0.39, 0.29) is 31.1 Å². The smallest absolute Gasteiger partial charge is 0.311 e. The number of rotatable bonds is 4. The predicted molar refractivity (Wildman–Crippen MR) is 67.9 cm³/mol. The number of hydrogen-bond acceptors (Lipinski definition) is 4. The van der Waals surface area contributed by atoms with Crippen LogP contribution < -0.4 is 0 Å². The molecule has 0 N–H and O–H groups in total. The third-order valence-electron chi connectivity index (χ3n) is 3.11. The van der Waals surface area contributed by atoms with Gasteiger partial charge in [-0.25, -0.2) is 0 Å². The van der Waals surface area contributed by atoms with Crippen LogP contribution in [0, 0.1) is 11.3 Å². The number of ether oxygens (including phenoxy) is 2. The van der Waals surface area contributed by atoms with E-state index in [0.717, 1.165) is 25.7 Å². The third-order valence-corrected chi connectivity index (χ3v) is 3.11. The Morgan fingerprint density at radius 1 is 1.00 bits per heavy atom. The van der Waals surface area contributed by atoms with E-state index in [2.05, 4.69) is 0 Å². The average molecular weight is 256 g/mol. The summed E-state index contributed by atoms with van der Waals surface area (Å²) >= 11 is 0. The van der Waals surface area contributed by atoms with Crippen LogP contribution in [0.25, 0.3) is 0 Å². The zero-order chi connectivity index (χ0) is 13.6. The van der Waals surface area contributed by atoms with E-state index >= 15 is 0 Å². The fourth-order valence-electron chi connectivity index (χ4n) is 1.95. The van der Waals surface area contributed by atoms with Crippen molar-refractivity contribution in [2.24, 2.45) is 11.3 Å². The van der Waals surface area contributed by atoms with Gasteiger partial charge in [-0.15, -0.1) is 0 Å². The van der Waals surface area contributed by atoms with E-state index in [0.29, 0.717) is 0 Å². The van der Waals surface area contributed by atoms with Gasteiger partial charge in [0.1, 0.15) is 13.2 Å². The fourth-order valence-corrected chi connectivity index (χ4v) is 1.95. The van der Waals surface area contributed by atoms with Crippen LogP contribution in [0.15, 0.2) is 0 Å². The molecule has 1 aliphatic rings. The second-order valence-corrected chi connectivity index (χ2v) is 5.89. The van der Waals surface area contributed by atoms with Crippen molar-refractivity contribution in [1.29, 1.82) is 0 Å². The summed E-state index contributed by atoms with van der Waals surface area (Å²) in [6.07, 6.45) is 5.30. The molecular formula is C14H24O4. The minimum absolute atomic E-state index is 0.0528. The molecule has 0 bridgehead atoms. The molecule has 0 aromatic heterocycles. The lowest BCUT2D eigenvalue weighted by atomic mass is 9.89. The number of hydrogen-bond donors (Lipinski definition) is 0. The van der Waals surface area contributed by atoms with Crippen molar-refractivity contribution in [2.75, 3.05) is 13.2 Å². The Kier molecular flexibility index (Phi) is 5.63. The van der Waals surface area contributed by atoms with E-state index in [1.165, 1.54) is 6.42 Å². The van der Waals surface area contributed by atoms with E-state index in [9.17, 15) is 9.59 Å². The number of esters is 2. The van der Waals surface area contributed by atoms with Crippen LogP contribution in [0.5, 0.6) is 0 Å². The molecule has 1 fully saturated rings. The van der Waals surface area contributed by atoms with Gasteiger partial charge in [0.15, 0.2) is 0 Å². The molecule has 4 heteroatoms. The Balaban J connectivity index is 2.14. The van der Waals surface area contributed by atoms with Crippen molar-refractivity contribution in [1.82, 2.24) is 0 Å². The van der Waals surface area contributed by atoms with Gasteiger partial charge in [0.05, 0.1) is 11.3 Å². The maximum Gasteiger partial charge on any atom is 0.311 e. The molecule has 0 radical (unpaired) electrons. The molecule has 0 unspecified atom stereocenters. The second kappa shape index (κ2) is 6.76. The van der Waals surface area contributed by atoms with Gasteiger partial charge < -0.3 is 9.47 Å². The molecule has 1 saturated carbocycles. The largest absolute Gasteiger partial charge is 0.462 e. The van der Waals surface area contributed by atoms with Crippen molar-refractivity contribution in [3.05, 3.63) is 0 Å². The Morgan fingerprint density at radius 3 is 2.11 bits per heavy atom. The zero-order valence-corrected chi connectivity index (χ0v) is 11.7. The van der Waals surface area contributed by atoms with Gasteiger partial charge in [-0.1, -0.05) is 19.3 Å². The lowest BCUT2D eigenvalue weighted by Gasteiger charge is -2.20. The zero-order valence-electron chi connectivity index (χ0n) is 11.7. The summed E-state index contributed by atoms with van der Waals surface area (Å²) in [7, 11) is 0. The molecule has 0 atom stereocenters. The molecule has 1 rings (SSSR count). The van der Waals surface area contributed by atoms with E-state index in [1.54, 1.807) is 20.8 Å².